The molecule has 0 saturated heterocycles. The predicted octanol–water partition coefficient (Wildman–Crippen LogP) is 6.61. The zero-order valence-corrected chi connectivity index (χ0v) is 24.2. The Hall–Kier alpha value is -4.05. The molecule has 0 bridgehead atoms. The lowest BCUT2D eigenvalue weighted by Crippen LogP contribution is -2.41. The number of rotatable bonds is 10. The first kappa shape index (κ1) is 33.0. The van der Waals surface area contributed by atoms with Gasteiger partial charge >= 0.3 is 5.63 Å². The van der Waals surface area contributed by atoms with Crippen LogP contribution in [0.1, 0.15) is 57.0 Å². The summed E-state index contributed by atoms with van der Waals surface area (Å²) in [5.41, 5.74) is 0.296. The average Bonchev–Trinajstić information content (AvgIpc) is 2.97. The van der Waals surface area contributed by atoms with E-state index in [2.05, 4.69) is 10.2 Å². The average molecular weight is 542 g/mol. The van der Waals surface area contributed by atoms with Gasteiger partial charge in [-0.3, -0.25) is 14.5 Å². The Balaban J connectivity index is 0.00000181. The number of carbonyl (C=O) groups excluding carboxylic acids is 2. The van der Waals surface area contributed by atoms with Gasteiger partial charge in [-0.05, 0) is 37.1 Å². The quantitative estimate of drug-likeness (QED) is 0.161. The zero-order chi connectivity index (χ0) is 29.5. The fourth-order valence-corrected chi connectivity index (χ4v) is 3.70. The van der Waals surface area contributed by atoms with Crippen molar-refractivity contribution >= 4 is 34.7 Å². The van der Waals surface area contributed by atoms with Crippen molar-refractivity contribution in [3.63, 3.8) is 0 Å². The Kier molecular flexibility index (Phi) is 14.1. The van der Waals surface area contributed by atoms with Gasteiger partial charge in [-0.2, -0.15) is 0 Å². The minimum absolute atomic E-state index is 0.164. The molecule has 10 nitrogen and oxygen atoms in total. The summed E-state index contributed by atoms with van der Waals surface area (Å²) in [4.78, 5) is 38.9. The molecular weight excluding hydrogens is 502 g/mol. The molecule has 0 spiro atoms. The second-order valence-electron chi connectivity index (χ2n) is 7.64. The summed E-state index contributed by atoms with van der Waals surface area (Å²) < 4.78 is 21.2. The van der Waals surface area contributed by atoms with E-state index in [1.165, 1.54) is 21.3 Å². The number of imide groups is 1. The highest BCUT2D eigenvalue weighted by Crippen LogP contribution is 2.36. The topological polar surface area (TPSA) is 120 Å². The van der Waals surface area contributed by atoms with Gasteiger partial charge in [0.2, 0.25) is 12.1 Å². The Morgan fingerprint density at radius 2 is 1.74 bits per heavy atom. The molecule has 1 aromatic heterocycles. The van der Waals surface area contributed by atoms with Crippen molar-refractivity contribution in [2.24, 2.45) is 10.2 Å². The molecule has 212 valence electrons. The molecule has 0 N–H and O–H groups in total. The maximum Gasteiger partial charge on any atom is 0.368 e. The molecule has 1 unspecified atom stereocenters. The Labute approximate surface area is 229 Å². The highest BCUT2D eigenvalue weighted by atomic mass is 16.5. The van der Waals surface area contributed by atoms with E-state index in [1.54, 1.807) is 43.3 Å². The third-order valence-corrected chi connectivity index (χ3v) is 5.54. The van der Waals surface area contributed by atoms with Crippen LogP contribution in [0.4, 0.5) is 11.4 Å². The first-order chi connectivity index (χ1) is 18.9. The molecule has 0 fully saturated rings. The minimum Gasteiger partial charge on any atom is -0.497 e. The van der Waals surface area contributed by atoms with Gasteiger partial charge in [0.15, 0.2) is 5.75 Å². The van der Waals surface area contributed by atoms with Crippen LogP contribution >= 0.6 is 0 Å². The minimum atomic E-state index is -0.771. The number of methoxy groups -OCH3 is 3. The van der Waals surface area contributed by atoms with Gasteiger partial charge < -0.3 is 18.6 Å². The molecule has 1 atom stereocenters. The highest BCUT2D eigenvalue weighted by Gasteiger charge is 2.27. The molecule has 0 aliphatic heterocycles. The van der Waals surface area contributed by atoms with Crippen LogP contribution < -0.4 is 15.1 Å². The fourth-order valence-electron chi connectivity index (χ4n) is 3.70. The lowest BCUT2D eigenvalue weighted by molar-refractivity contribution is -0.118. The van der Waals surface area contributed by atoms with E-state index in [0.717, 1.165) is 4.90 Å². The number of azo groups is 1. The molecule has 10 heteroatoms. The highest BCUT2D eigenvalue weighted by molar-refractivity contribution is 6.05. The van der Waals surface area contributed by atoms with Gasteiger partial charge in [0.05, 0.1) is 43.5 Å². The van der Waals surface area contributed by atoms with Crippen LogP contribution in [0.5, 0.6) is 11.5 Å². The standard InChI is InChI=1S/C25H27N3O7.2C2H6/c1-6-16(13-32-3)28(14-29)24(30)21-15(2)8-7-9-19(21)26-27-22-23(34-5)18-11-10-17(33-4)12-20(18)35-25(22)31;2*1-2/h7-12,14,16H,6,13H2,1-5H3;2*1-2H3. The van der Waals surface area contributed by atoms with E-state index in [9.17, 15) is 14.4 Å². The Morgan fingerprint density at radius 1 is 1.05 bits per heavy atom. The molecule has 0 radical (unpaired) electrons. The van der Waals surface area contributed by atoms with Crippen LogP contribution in [0.2, 0.25) is 0 Å². The third-order valence-electron chi connectivity index (χ3n) is 5.54. The van der Waals surface area contributed by atoms with Crippen LogP contribution in [0.25, 0.3) is 11.0 Å². The number of aryl methyl sites for hydroxylation is 1. The molecule has 3 rings (SSSR count). The summed E-state index contributed by atoms with van der Waals surface area (Å²) in [6.45, 7) is 11.8. The number of ether oxygens (including phenoxy) is 3. The van der Waals surface area contributed by atoms with Crippen molar-refractivity contribution in [3.05, 3.63) is 57.9 Å². The number of nitrogens with zero attached hydrogens (tertiary/aromatic N) is 3. The molecular formula is C29H39N3O7. The largest absolute Gasteiger partial charge is 0.497 e. The van der Waals surface area contributed by atoms with Crippen LogP contribution in [0.15, 0.2) is 55.8 Å². The molecule has 3 aromatic rings. The maximum atomic E-state index is 13.3. The summed E-state index contributed by atoms with van der Waals surface area (Å²) in [6, 6.07) is 9.49. The second kappa shape index (κ2) is 16.7. The van der Waals surface area contributed by atoms with Crippen LogP contribution in [-0.4, -0.2) is 51.2 Å². The third kappa shape index (κ3) is 7.73. The molecule has 2 amide bonds. The summed E-state index contributed by atoms with van der Waals surface area (Å²) in [6.07, 6.45) is 0.999. The van der Waals surface area contributed by atoms with Gasteiger partial charge in [-0.15, -0.1) is 10.2 Å². The molecule has 0 aliphatic rings. The number of benzene rings is 2. The lowest BCUT2D eigenvalue weighted by atomic mass is 10.0. The second-order valence-corrected chi connectivity index (χ2v) is 7.64. The number of carbonyl (C=O) groups is 2. The monoisotopic (exact) mass is 541 g/mol. The molecule has 0 saturated carbocycles. The summed E-state index contributed by atoms with van der Waals surface area (Å²) in [5, 5.41) is 8.77. The van der Waals surface area contributed by atoms with Crippen molar-refractivity contribution in [1.29, 1.82) is 0 Å². The van der Waals surface area contributed by atoms with Crippen molar-refractivity contribution in [3.8, 4) is 11.5 Å². The molecule has 39 heavy (non-hydrogen) atoms. The lowest BCUT2D eigenvalue weighted by Gasteiger charge is -2.26. The van der Waals surface area contributed by atoms with Gasteiger partial charge in [0, 0.05) is 13.2 Å². The molecule has 2 aromatic carbocycles. The van der Waals surface area contributed by atoms with E-state index < -0.39 is 17.6 Å². The van der Waals surface area contributed by atoms with E-state index in [1.807, 2.05) is 34.6 Å². The van der Waals surface area contributed by atoms with Crippen LogP contribution in [0, 0.1) is 6.92 Å². The fraction of sp³-hybridized carbons (Fsp3) is 0.414. The normalized spacial score (nSPS) is 11.1. The maximum absolute atomic E-state index is 13.3. The van der Waals surface area contributed by atoms with Gasteiger partial charge in [-0.25, -0.2) is 4.79 Å². The summed E-state index contributed by atoms with van der Waals surface area (Å²) in [7, 11) is 4.41. The van der Waals surface area contributed by atoms with Crippen molar-refractivity contribution in [1.82, 2.24) is 4.90 Å². The van der Waals surface area contributed by atoms with Crippen molar-refractivity contribution in [2.45, 2.75) is 54.0 Å². The van der Waals surface area contributed by atoms with E-state index >= 15 is 0 Å². The SMILES string of the molecule is CC.CC.CCC(COC)N(C=O)C(=O)c1c(C)cccc1N=Nc1c(OC)c2ccc(OC)cc2oc1=O. The van der Waals surface area contributed by atoms with E-state index in [-0.39, 0.29) is 34.9 Å². The number of hydrogen-bond acceptors (Lipinski definition) is 9. The van der Waals surface area contributed by atoms with E-state index in [4.69, 9.17) is 18.6 Å². The Morgan fingerprint density at radius 3 is 2.31 bits per heavy atom. The first-order valence-electron chi connectivity index (χ1n) is 12.9. The molecule has 1 heterocycles. The molecule has 0 aliphatic carbocycles. The van der Waals surface area contributed by atoms with Gasteiger partial charge in [-0.1, -0.05) is 46.8 Å². The zero-order valence-electron chi connectivity index (χ0n) is 24.2. The summed E-state index contributed by atoms with van der Waals surface area (Å²) >= 11 is 0. The number of amides is 2. The van der Waals surface area contributed by atoms with Crippen LogP contribution in [-0.2, 0) is 9.53 Å². The Bertz CT molecular complexity index is 1320. The number of fused-ring (bicyclic) bond motifs is 1. The summed E-state index contributed by atoms with van der Waals surface area (Å²) in [5.74, 6) is 0.142. The first-order valence-corrected chi connectivity index (χ1v) is 12.9. The number of hydrogen-bond donors (Lipinski definition) is 0. The van der Waals surface area contributed by atoms with E-state index in [0.29, 0.717) is 29.5 Å². The smallest absolute Gasteiger partial charge is 0.368 e. The van der Waals surface area contributed by atoms with Crippen molar-refractivity contribution in [2.75, 3.05) is 27.9 Å². The predicted molar refractivity (Wildman–Crippen MR) is 152 cm³/mol. The van der Waals surface area contributed by atoms with Crippen molar-refractivity contribution < 1.29 is 28.2 Å². The van der Waals surface area contributed by atoms with Gasteiger partial charge in [0.25, 0.3) is 5.91 Å². The van der Waals surface area contributed by atoms with Gasteiger partial charge in [0.1, 0.15) is 11.3 Å². The van der Waals surface area contributed by atoms with Crippen LogP contribution in [0.3, 0.4) is 0 Å².